The molecular formula is C21H28N2. The highest BCUT2D eigenvalue weighted by Crippen LogP contribution is 2.32. The normalized spacial score (nSPS) is 18.5. The number of nitrogens with zero attached hydrogens (tertiary/aromatic N) is 1. The molecule has 0 spiro atoms. The average Bonchev–Trinajstić information content (AvgIpc) is 2.64. The summed E-state index contributed by atoms with van der Waals surface area (Å²) in [5.41, 5.74) is 4.06. The van der Waals surface area contributed by atoms with Gasteiger partial charge in [0.2, 0.25) is 0 Å². The maximum Gasteiger partial charge on any atom is 0.0374 e. The Bertz CT molecular complexity index is 585. The molecule has 0 aromatic heterocycles. The van der Waals surface area contributed by atoms with Gasteiger partial charge in [0.15, 0.2) is 0 Å². The Labute approximate surface area is 140 Å². The Balaban J connectivity index is 1.84. The summed E-state index contributed by atoms with van der Waals surface area (Å²) in [5.74, 6) is 0.677. The number of benzene rings is 2. The van der Waals surface area contributed by atoms with E-state index in [1.54, 1.807) is 0 Å². The zero-order valence-corrected chi connectivity index (χ0v) is 14.3. The molecule has 1 fully saturated rings. The Morgan fingerprint density at radius 1 is 0.913 bits per heavy atom. The van der Waals surface area contributed by atoms with Gasteiger partial charge in [-0.3, -0.25) is 4.90 Å². The van der Waals surface area contributed by atoms with E-state index in [1.165, 1.54) is 23.1 Å². The highest BCUT2D eigenvalue weighted by molar-refractivity contribution is 5.63. The van der Waals surface area contributed by atoms with Crippen molar-refractivity contribution in [1.82, 2.24) is 10.2 Å². The molecule has 3 rings (SSSR count). The number of hydrogen-bond donors (Lipinski definition) is 1. The van der Waals surface area contributed by atoms with Crippen molar-refractivity contribution in [1.29, 1.82) is 0 Å². The summed E-state index contributed by atoms with van der Waals surface area (Å²) in [6, 6.07) is 20.4. The zero-order valence-electron chi connectivity index (χ0n) is 14.3. The second-order valence-electron chi connectivity index (χ2n) is 6.60. The van der Waals surface area contributed by atoms with Crippen molar-refractivity contribution in [3.05, 3.63) is 60.2 Å². The van der Waals surface area contributed by atoms with E-state index in [0.29, 0.717) is 12.0 Å². The zero-order chi connectivity index (χ0) is 16.1. The molecule has 1 aliphatic rings. The third-order valence-electron chi connectivity index (χ3n) is 5.09. The van der Waals surface area contributed by atoms with Crippen LogP contribution in [0, 0.1) is 5.92 Å². The van der Waals surface area contributed by atoms with E-state index in [2.05, 4.69) is 78.7 Å². The predicted octanol–water partition coefficient (Wildman–Crippen LogP) is 4.35. The van der Waals surface area contributed by atoms with Gasteiger partial charge < -0.3 is 5.32 Å². The van der Waals surface area contributed by atoms with Crippen LogP contribution in [-0.2, 0) is 0 Å². The van der Waals surface area contributed by atoms with Gasteiger partial charge in [-0.25, -0.2) is 0 Å². The minimum Gasteiger partial charge on any atom is -0.314 e. The summed E-state index contributed by atoms with van der Waals surface area (Å²) in [5, 5.41) is 3.47. The summed E-state index contributed by atoms with van der Waals surface area (Å²) in [7, 11) is 0. The molecule has 2 aromatic rings. The van der Waals surface area contributed by atoms with Crippen LogP contribution in [0.5, 0.6) is 0 Å². The lowest BCUT2D eigenvalue weighted by molar-refractivity contribution is 0.128. The van der Waals surface area contributed by atoms with Crippen LogP contribution < -0.4 is 5.32 Å². The fraction of sp³-hybridized carbons (Fsp3) is 0.429. The minimum atomic E-state index is 0.534. The van der Waals surface area contributed by atoms with Gasteiger partial charge in [-0.05, 0) is 22.6 Å². The van der Waals surface area contributed by atoms with E-state index in [-0.39, 0.29) is 0 Å². The molecule has 1 unspecified atom stereocenters. The largest absolute Gasteiger partial charge is 0.314 e. The molecular weight excluding hydrogens is 280 g/mol. The summed E-state index contributed by atoms with van der Waals surface area (Å²) >= 11 is 0. The molecule has 2 nitrogen and oxygen atoms in total. The van der Waals surface area contributed by atoms with Crippen LogP contribution in [0.15, 0.2) is 54.6 Å². The maximum atomic E-state index is 3.47. The SMILES string of the molecule is CCC(C)[C@@H](c1ccc(-c2ccccc2)cc1)N1CCNCC1. The van der Waals surface area contributed by atoms with Crippen LogP contribution >= 0.6 is 0 Å². The Kier molecular flexibility index (Phi) is 5.47. The molecule has 1 saturated heterocycles. The molecule has 1 heterocycles. The van der Waals surface area contributed by atoms with Crippen molar-refractivity contribution >= 4 is 0 Å². The fourth-order valence-corrected chi connectivity index (χ4v) is 3.59. The summed E-state index contributed by atoms with van der Waals surface area (Å²) in [4.78, 5) is 2.65. The molecule has 2 heteroatoms. The van der Waals surface area contributed by atoms with E-state index >= 15 is 0 Å². The Morgan fingerprint density at radius 2 is 1.52 bits per heavy atom. The Morgan fingerprint density at radius 3 is 2.13 bits per heavy atom. The van der Waals surface area contributed by atoms with Crippen LogP contribution in [0.2, 0.25) is 0 Å². The second kappa shape index (κ2) is 7.76. The first-order valence-corrected chi connectivity index (χ1v) is 8.89. The quantitative estimate of drug-likeness (QED) is 0.883. The monoisotopic (exact) mass is 308 g/mol. The number of rotatable bonds is 5. The molecule has 0 aliphatic carbocycles. The standard InChI is InChI=1S/C21H28N2/c1-3-17(2)21(23-15-13-22-14-16-23)20-11-9-19(10-12-20)18-7-5-4-6-8-18/h4-12,17,21-22H,3,13-16H2,1-2H3/t17?,21-/m0/s1. The number of hydrogen-bond acceptors (Lipinski definition) is 2. The highest BCUT2D eigenvalue weighted by Gasteiger charge is 2.26. The second-order valence-corrected chi connectivity index (χ2v) is 6.60. The first-order valence-electron chi connectivity index (χ1n) is 8.89. The van der Waals surface area contributed by atoms with E-state index in [0.717, 1.165) is 26.2 Å². The molecule has 122 valence electrons. The van der Waals surface area contributed by atoms with Crippen molar-refractivity contribution < 1.29 is 0 Å². The fourth-order valence-electron chi connectivity index (χ4n) is 3.59. The first-order chi connectivity index (χ1) is 11.3. The molecule has 1 N–H and O–H groups in total. The third-order valence-corrected chi connectivity index (χ3v) is 5.09. The van der Waals surface area contributed by atoms with E-state index < -0.39 is 0 Å². The van der Waals surface area contributed by atoms with Gasteiger partial charge in [-0.15, -0.1) is 0 Å². The molecule has 0 radical (unpaired) electrons. The van der Waals surface area contributed by atoms with Crippen LogP contribution in [-0.4, -0.2) is 31.1 Å². The van der Waals surface area contributed by atoms with Crippen molar-refractivity contribution in [3.8, 4) is 11.1 Å². The van der Waals surface area contributed by atoms with Crippen molar-refractivity contribution in [2.75, 3.05) is 26.2 Å². The van der Waals surface area contributed by atoms with Crippen molar-refractivity contribution in [2.45, 2.75) is 26.3 Å². The van der Waals surface area contributed by atoms with Crippen LogP contribution in [0.1, 0.15) is 31.9 Å². The van der Waals surface area contributed by atoms with E-state index in [4.69, 9.17) is 0 Å². The molecule has 0 bridgehead atoms. The van der Waals surface area contributed by atoms with E-state index in [1.807, 2.05) is 0 Å². The molecule has 0 saturated carbocycles. The lowest BCUT2D eigenvalue weighted by Gasteiger charge is -2.38. The van der Waals surface area contributed by atoms with Crippen LogP contribution in [0.25, 0.3) is 11.1 Å². The molecule has 2 aromatic carbocycles. The maximum absolute atomic E-state index is 3.47. The molecule has 1 aliphatic heterocycles. The summed E-state index contributed by atoms with van der Waals surface area (Å²) in [6.07, 6.45) is 1.22. The predicted molar refractivity (Wildman–Crippen MR) is 98.5 cm³/mol. The highest BCUT2D eigenvalue weighted by atomic mass is 15.2. The number of piperazine rings is 1. The van der Waals surface area contributed by atoms with Crippen LogP contribution in [0.4, 0.5) is 0 Å². The topological polar surface area (TPSA) is 15.3 Å². The Hall–Kier alpha value is -1.64. The molecule has 0 amide bonds. The van der Waals surface area contributed by atoms with Gasteiger partial charge >= 0.3 is 0 Å². The average molecular weight is 308 g/mol. The summed E-state index contributed by atoms with van der Waals surface area (Å²) in [6.45, 7) is 9.20. The first kappa shape index (κ1) is 16.2. The van der Waals surface area contributed by atoms with Gasteiger partial charge in [0.05, 0.1) is 0 Å². The lowest BCUT2D eigenvalue weighted by atomic mass is 9.89. The van der Waals surface area contributed by atoms with Crippen molar-refractivity contribution in [3.63, 3.8) is 0 Å². The van der Waals surface area contributed by atoms with Gasteiger partial charge in [0, 0.05) is 32.2 Å². The van der Waals surface area contributed by atoms with Crippen LogP contribution in [0.3, 0.4) is 0 Å². The van der Waals surface area contributed by atoms with Gasteiger partial charge in [-0.2, -0.15) is 0 Å². The summed E-state index contributed by atoms with van der Waals surface area (Å²) < 4.78 is 0. The lowest BCUT2D eigenvalue weighted by Crippen LogP contribution is -2.46. The number of nitrogens with one attached hydrogen (secondary N) is 1. The molecule has 23 heavy (non-hydrogen) atoms. The smallest absolute Gasteiger partial charge is 0.0374 e. The van der Waals surface area contributed by atoms with Gasteiger partial charge in [0.25, 0.3) is 0 Å². The molecule has 2 atom stereocenters. The van der Waals surface area contributed by atoms with Crippen molar-refractivity contribution in [2.24, 2.45) is 5.92 Å². The third kappa shape index (κ3) is 3.82. The van der Waals surface area contributed by atoms with Gasteiger partial charge in [0.1, 0.15) is 0 Å². The van der Waals surface area contributed by atoms with Gasteiger partial charge in [-0.1, -0.05) is 74.9 Å². The van der Waals surface area contributed by atoms with E-state index in [9.17, 15) is 0 Å². The minimum absolute atomic E-state index is 0.534.